The lowest BCUT2D eigenvalue weighted by atomic mass is 10.1. The van der Waals surface area contributed by atoms with Crippen molar-refractivity contribution < 1.29 is 14.6 Å². The zero-order chi connectivity index (χ0) is 14.4. The Labute approximate surface area is 117 Å². The van der Waals surface area contributed by atoms with Crippen LogP contribution in [0.15, 0.2) is 54.6 Å². The van der Waals surface area contributed by atoms with E-state index in [1.807, 2.05) is 30.3 Å². The highest BCUT2D eigenvalue weighted by Crippen LogP contribution is 2.24. The fourth-order valence-corrected chi connectivity index (χ4v) is 1.70. The van der Waals surface area contributed by atoms with Crippen LogP contribution >= 0.6 is 0 Å². The molecule has 0 heterocycles. The molecule has 3 N–H and O–H groups in total. The summed E-state index contributed by atoms with van der Waals surface area (Å²) >= 11 is 0. The first-order valence-electron chi connectivity index (χ1n) is 6.12. The first kappa shape index (κ1) is 13.7. The maximum absolute atomic E-state index is 10.4. The summed E-state index contributed by atoms with van der Waals surface area (Å²) in [7, 11) is 0. The van der Waals surface area contributed by atoms with Crippen LogP contribution in [0.3, 0.4) is 0 Å². The van der Waals surface area contributed by atoms with Crippen LogP contribution in [0.25, 0.3) is 6.08 Å². The summed E-state index contributed by atoms with van der Waals surface area (Å²) in [5, 5.41) is 8.57. The molecular weight excluding hydrogens is 254 g/mol. The fraction of sp³-hybridized carbons (Fsp3) is 0.0625. The zero-order valence-electron chi connectivity index (χ0n) is 10.8. The van der Waals surface area contributed by atoms with E-state index in [0.29, 0.717) is 18.0 Å². The Bertz CT molecular complexity index is 621. The Morgan fingerprint density at radius 3 is 2.60 bits per heavy atom. The summed E-state index contributed by atoms with van der Waals surface area (Å²) in [6, 6.07) is 15.0. The smallest absolute Gasteiger partial charge is 0.328 e. The van der Waals surface area contributed by atoms with Gasteiger partial charge >= 0.3 is 5.97 Å². The van der Waals surface area contributed by atoms with Crippen molar-refractivity contribution in [3.8, 4) is 5.75 Å². The molecule has 0 unspecified atom stereocenters. The lowest BCUT2D eigenvalue weighted by Gasteiger charge is -2.09. The van der Waals surface area contributed by atoms with E-state index >= 15 is 0 Å². The molecule has 4 nitrogen and oxygen atoms in total. The van der Waals surface area contributed by atoms with Gasteiger partial charge in [-0.1, -0.05) is 36.4 Å². The van der Waals surface area contributed by atoms with E-state index in [-0.39, 0.29) is 0 Å². The van der Waals surface area contributed by atoms with Crippen LogP contribution in [0, 0.1) is 0 Å². The first-order chi connectivity index (χ1) is 9.65. The van der Waals surface area contributed by atoms with E-state index in [4.69, 9.17) is 15.6 Å². The second-order valence-corrected chi connectivity index (χ2v) is 4.24. The van der Waals surface area contributed by atoms with Gasteiger partial charge < -0.3 is 15.6 Å². The molecule has 0 aliphatic heterocycles. The Morgan fingerprint density at radius 2 is 1.95 bits per heavy atom. The van der Waals surface area contributed by atoms with Crippen LogP contribution in [0.4, 0.5) is 5.69 Å². The number of ether oxygens (including phenoxy) is 1. The van der Waals surface area contributed by atoms with Gasteiger partial charge in [0.15, 0.2) is 0 Å². The third-order valence-electron chi connectivity index (χ3n) is 2.69. The fourth-order valence-electron chi connectivity index (χ4n) is 1.70. The molecule has 2 aromatic carbocycles. The number of rotatable bonds is 5. The highest BCUT2D eigenvalue weighted by Gasteiger charge is 2.02. The largest absolute Gasteiger partial charge is 0.487 e. The van der Waals surface area contributed by atoms with Crippen LogP contribution in [-0.2, 0) is 11.4 Å². The van der Waals surface area contributed by atoms with Gasteiger partial charge in [0.05, 0.1) is 5.69 Å². The molecule has 20 heavy (non-hydrogen) atoms. The highest BCUT2D eigenvalue weighted by molar-refractivity contribution is 5.85. The second kappa shape index (κ2) is 6.43. The molecule has 2 rings (SSSR count). The number of carboxylic acid groups (broad SMARTS) is 1. The maximum atomic E-state index is 10.4. The summed E-state index contributed by atoms with van der Waals surface area (Å²) in [4.78, 5) is 10.4. The first-order valence-corrected chi connectivity index (χ1v) is 6.12. The lowest BCUT2D eigenvalue weighted by molar-refractivity contribution is -0.131. The van der Waals surface area contributed by atoms with E-state index < -0.39 is 5.97 Å². The van der Waals surface area contributed by atoms with Crippen molar-refractivity contribution in [1.82, 2.24) is 0 Å². The molecule has 0 bridgehead atoms. The Morgan fingerprint density at radius 1 is 1.20 bits per heavy atom. The number of nitrogens with two attached hydrogens (primary N) is 1. The van der Waals surface area contributed by atoms with Crippen molar-refractivity contribution in [3.05, 3.63) is 65.7 Å². The predicted octanol–water partition coefficient (Wildman–Crippen LogP) is 2.95. The van der Waals surface area contributed by atoms with Gasteiger partial charge in [0, 0.05) is 6.08 Å². The van der Waals surface area contributed by atoms with Gasteiger partial charge in [-0.3, -0.25) is 0 Å². The van der Waals surface area contributed by atoms with E-state index in [0.717, 1.165) is 17.2 Å². The normalized spacial score (nSPS) is 10.6. The standard InChI is InChI=1S/C16H15NO3/c17-14-10-12(7-9-16(18)19)6-8-15(14)20-11-13-4-2-1-3-5-13/h1-10H,11,17H2,(H,18,19)/b9-7-. The van der Waals surface area contributed by atoms with Gasteiger partial charge in [0.1, 0.15) is 12.4 Å². The summed E-state index contributed by atoms with van der Waals surface area (Å²) in [6.07, 6.45) is 2.55. The quantitative estimate of drug-likeness (QED) is 0.646. The van der Waals surface area contributed by atoms with Crippen molar-refractivity contribution in [1.29, 1.82) is 0 Å². The summed E-state index contributed by atoms with van der Waals surface area (Å²) in [5.74, 6) is -0.408. The molecule has 0 radical (unpaired) electrons. The Hall–Kier alpha value is -2.75. The Balaban J connectivity index is 2.04. The molecule has 0 aliphatic carbocycles. The van der Waals surface area contributed by atoms with Gasteiger partial charge in [-0.05, 0) is 29.3 Å². The lowest BCUT2D eigenvalue weighted by Crippen LogP contribution is -1.98. The van der Waals surface area contributed by atoms with Crippen LogP contribution in [0.2, 0.25) is 0 Å². The third-order valence-corrected chi connectivity index (χ3v) is 2.69. The number of anilines is 1. The van der Waals surface area contributed by atoms with Crippen LogP contribution in [0.1, 0.15) is 11.1 Å². The third kappa shape index (κ3) is 3.88. The molecule has 0 aromatic heterocycles. The molecule has 0 atom stereocenters. The van der Waals surface area contributed by atoms with E-state index in [2.05, 4.69) is 0 Å². The summed E-state index contributed by atoms with van der Waals surface area (Å²) in [6.45, 7) is 0.440. The van der Waals surface area contributed by atoms with Crippen LogP contribution in [-0.4, -0.2) is 11.1 Å². The number of hydrogen-bond donors (Lipinski definition) is 2. The number of carbonyl (C=O) groups is 1. The minimum absolute atomic E-state index is 0.440. The van der Waals surface area contributed by atoms with Crippen LogP contribution in [0.5, 0.6) is 5.75 Å². The number of nitrogen functional groups attached to an aromatic ring is 1. The number of aliphatic carboxylic acids is 1. The average Bonchev–Trinajstić information content (AvgIpc) is 2.45. The molecule has 0 aliphatic rings. The van der Waals surface area contributed by atoms with Crippen molar-refractivity contribution in [2.75, 3.05) is 5.73 Å². The zero-order valence-corrected chi connectivity index (χ0v) is 10.8. The summed E-state index contributed by atoms with van der Waals surface area (Å²) in [5.41, 5.74) is 8.14. The molecule has 0 saturated carbocycles. The molecule has 102 valence electrons. The molecule has 4 heteroatoms. The number of hydrogen-bond acceptors (Lipinski definition) is 3. The van der Waals surface area contributed by atoms with Gasteiger partial charge in [-0.15, -0.1) is 0 Å². The van der Waals surface area contributed by atoms with Crippen molar-refractivity contribution in [3.63, 3.8) is 0 Å². The number of carboxylic acids is 1. The Kier molecular flexibility index (Phi) is 4.39. The van der Waals surface area contributed by atoms with Crippen molar-refractivity contribution in [2.24, 2.45) is 0 Å². The average molecular weight is 269 g/mol. The van der Waals surface area contributed by atoms with Crippen molar-refractivity contribution >= 4 is 17.7 Å². The summed E-state index contributed by atoms with van der Waals surface area (Å²) < 4.78 is 5.64. The van der Waals surface area contributed by atoms with Gasteiger partial charge in [-0.2, -0.15) is 0 Å². The van der Waals surface area contributed by atoms with E-state index in [1.54, 1.807) is 18.2 Å². The monoisotopic (exact) mass is 269 g/mol. The maximum Gasteiger partial charge on any atom is 0.328 e. The van der Waals surface area contributed by atoms with Crippen molar-refractivity contribution in [2.45, 2.75) is 6.61 Å². The molecule has 0 amide bonds. The molecule has 2 aromatic rings. The SMILES string of the molecule is Nc1cc(/C=C\C(=O)O)ccc1OCc1ccccc1. The number of benzene rings is 2. The second-order valence-electron chi connectivity index (χ2n) is 4.24. The molecular formula is C16H15NO3. The topological polar surface area (TPSA) is 72.6 Å². The molecule has 0 spiro atoms. The molecule has 0 saturated heterocycles. The predicted molar refractivity (Wildman–Crippen MR) is 78.3 cm³/mol. The van der Waals surface area contributed by atoms with E-state index in [9.17, 15) is 4.79 Å². The van der Waals surface area contributed by atoms with E-state index in [1.165, 1.54) is 6.08 Å². The minimum atomic E-state index is -0.993. The van der Waals surface area contributed by atoms with Gasteiger partial charge in [-0.25, -0.2) is 4.79 Å². The highest BCUT2D eigenvalue weighted by atomic mass is 16.5. The molecule has 0 fully saturated rings. The van der Waals surface area contributed by atoms with Gasteiger partial charge in [0.25, 0.3) is 0 Å². The van der Waals surface area contributed by atoms with Gasteiger partial charge in [0.2, 0.25) is 0 Å². The minimum Gasteiger partial charge on any atom is -0.487 e. The van der Waals surface area contributed by atoms with Crippen LogP contribution < -0.4 is 10.5 Å².